The minimum absolute atomic E-state index is 0.00203. The van der Waals surface area contributed by atoms with Gasteiger partial charge in [0.15, 0.2) is 6.29 Å². The van der Waals surface area contributed by atoms with E-state index in [1.807, 2.05) is 41.8 Å². The Balaban J connectivity index is 0.000000466. The molecule has 3 rings (SSSR count). The van der Waals surface area contributed by atoms with E-state index in [2.05, 4.69) is 15.3 Å². The van der Waals surface area contributed by atoms with E-state index in [1.165, 1.54) is 12.4 Å². The zero-order valence-electron chi connectivity index (χ0n) is 20.2. The van der Waals surface area contributed by atoms with Crippen LogP contribution in [-0.2, 0) is 11.3 Å². The van der Waals surface area contributed by atoms with Crippen molar-refractivity contribution in [1.29, 1.82) is 5.26 Å². The minimum Gasteiger partial charge on any atom is -0.396 e. The smallest absolute Gasteiger partial charge is 0.160 e. The summed E-state index contributed by atoms with van der Waals surface area (Å²) in [5.41, 5.74) is 9.62. The molecular weight excluding hydrogens is 448 g/mol. The number of hydrogen-bond acceptors (Lipinski definition) is 9. The van der Waals surface area contributed by atoms with Gasteiger partial charge in [-0.1, -0.05) is 29.8 Å². The lowest BCUT2D eigenvalue weighted by molar-refractivity contribution is -0.104. The molecular formula is C25H32N6O4. The van der Waals surface area contributed by atoms with Gasteiger partial charge in [-0.2, -0.15) is 5.26 Å². The van der Waals surface area contributed by atoms with E-state index in [0.29, 0.717) is 41.8 Å². The van der Waals surface area contributed by atoms with Gasteiger partial charge in [-0.25, -0.2) is 9.97 Å². The number of aromatic nitrogens is 3. The Morgan fingerprint density at radius 1 is 1.23 bits per heavy atom. The maximum absolute atomic E-state index is 11.2. The second kappa shape index (κ2) is 12.7. The maximum atomic E-state index is 11.2. The van der Waals surface area contributed by atoms with Crippen molar-refractivity contribution in [3.8, 4) is 17.2 Å². The number of benzene rings is 1. The van der Waals surface area contributed by atoms with Gasteiger partial charge in [0.2, 0.25) is 0 Å². The Hall–Kier alpha value is -3.62. The monoisotopic (exact) mass is 480 g/mol. The number of hydrogen-bond donors (Lipinski definition) is 5. The number of aldehydes is 1. The highest BCUT2D eigenvalue weighted by molar-refractivity contribution is 6.05. The second-order valence-corrected chi connectivity index (χ2v) is 8.27. The van der Waals surface area contributed by atoms with Crippen LogP contribution in [0.3, 0.4) is 0 Å². The van der Waals surface area contributed by atoms with Crippen molar-refractivity contribution >= 4 is 29.2 Å². The van der Waals surface area contributed by atoms with Gasteiger partial charge in [-0.05, 0) is 39.0 Å². The number of fused-ring (bicyclic) bond motifs is 1. The molecule has 0 amide bonds. The summed E-state index contributed by atoms with van der Waals surface area (Å²) in [7, 11) is 1.70. The van der Waals surface area contributed by atoms with Crippen LogP contribution >= 0.6 is 0 Å². The lowest BCUT2D eigenvalue weighted by atomic mass is 10.0. The number of nitrogen functional groups attached to an aromatic ring is 1. The SMILES string of the molecule is CNC(C)(CO)CO.Cc1ccc(-c2c(/C=C(\C#N)C=O)n(CCCO)c3ncnc(N)c23)cc1. The Morgan fingerprint density at radius 3 is 2.37 bits per heavy atom. The molecule has 0 aliphatic heterocycles. The number of nitrogens with two attached hydrogens (primary N) is 1. The fourth-order valence-electron chi connectivity index (χ4n) is 3.28. The molecule has 2 aromatic heterocycles. The molecule has 0 aliphatic rings. The summed E-state index contributed by atoms with van der Waals surface area (Å²) in [5.74, 6) is 0.317. The van der Waals surface area contributed by atoms with Crippen LogP contribution in [0.1, 0.15) is 24.6 Å². The maximum Gasteiger partial charge on any atom is 0.160 e. The molecule has 35 heavy (non-hydrogen) atoms. The van der Waals surface area contributed by atoms with E-state index in [9.17, 15) is 15.2 Å². The molecule has 1 aromatic carbocycles. The zero-order valence-corrected chi connectivity index (χ0v) is 20.2. The Morgan fingerprint density at radius 2 is 1.89 bits per heavy atom. The van der Waals surface area contributed by atoms with Crippen molar-refractivity contribution in [3.05, 3.63) is 47.4 Å². The van der Waals surface area contributed by atoms with E-state index in [0.717, 1.165) is 16.7 Å². The number of aryl methyl sites for hydroxylation is 2. The fraction of sp³-hybridized carbons (Fsp3) is 0.360. The third-order valence-electron chi connectivity index (χ3n) is 5.64. The molecule has 6 N–H and O–H groups in total. The molecule has 10 nitrogen and oxygen atoms in total. The number of likely N-dealkylation sites (N-methyl/N-ethyl adjacent to an activating group) is 1. The number of allylic oxidation sites excluding steroid dienone is 1. The molecule has 186 valence electrons. The quantitative estimate of drug-likeness (QED) is 0.173. The van der Waals surface area contributed by atoms with Crippen molar-refractivity contribution in [2.75, 3.05) is 32.6 Å². The molecule has 0 atom stereocenters. The third-order valence-corrected chi connectivity index (χ3v) is 5.64. The highest BCUT2D eigenvalue weighted by atomic mass is 16.3. The van der Waals surface area contributed by atoms with Crippen LogP contribution in [0.4, 0.5) is 5.82 Å². The first-order valence-corrected chi connectivity index (χ1v) is 11.1. The normalized spacial score (nSPS) is 11.6. The summed E-state index contributed by atoms with van der Waals surface area (Å²) in [6, 6.07) is 9.76. The molecule has 0 radical (unpaired) electrons. The number of carbonyl (C=O) groups excluding carboxylic acids is 1. The average Bonchev–Trinajstić information content (AvgIpc) is 3.20. The zero-order chi connectivity index (χ0) is 26.0. The van der Waals surface area contributed by atoms with Crippen LogP contribution < -0.4 is 11.1 Å². The fourth-order valence-corrected chi connectivity index (χ4v) is 3.28. The molecule has 10 heteroatoms. The van der Waals surface area contributed by atoms with Crippen LogP contribution in [0.15, 0.2) is 36.2 Å². The second-order valence-electron chi connectivity index (χ2n) is 8.27. The molecule has 0 saturated heterocycles. The van der Waals surface area contributed by atoms with E-state index in [-0.39, 0.29) is 25.4 Å². The van der Waals surface area contributed by atoms with E-state index >= 15 is 0 Å². The third kappa shape index (κ3) is 6.49. The average molecular weight is 481 g/mol. The highest BCUT2D eigenvalue weighted by Crippen LogP contribution is 2.38. The summed E-state index contributed by atoms with van der Waals surface area (Å²) in [5, 5.41) is 39.1. The lowest BCUT2D eigenvalue weighted by Gasteiger charge is -2.23. The first kappa shape index (κ1) is 27.6. The van der Waals surface area contributed by atoms with Crippen LogP contribution in [0, 0.1) is 18.3 Å². The summed E-state index contributed by atoms with van der Waals surface area (Å²) >= 11 is 0. The van der Waals surface area contributed by atoms with E-state index in [1.54, 1.807) is 14.0 Å². The van der Waals surface area contributed by atoms with Crippen LogP contribution in [-0.4, -0.2) is 68.5 Å². The number of carbonyl (C=O) groups is 1. The topological polar surface area (TPSA) is 170 Å². The van der Waals surface area contributed by atoms with Gasteiger partial charge in [0.1, 0.15) is 23.9 Å². The van der Waals surface area contributed by atoms with Crippen LogP contribution in [0.5, 0.6) is 0 Å². The highest BCUT2D eigenvalue weighted by Gasteiger charge is 2.21. The van der Waals surface area contributed by atoms with Gasteiger partial charge in [0, 0.05) is 18.7 Å². The van der Waals surface area contributed by atoms with Gasteiger partial charge in [0.05, 0.1) is 35.4 Å². The van der Waals surface area contributed by atoms with E-state index in [4.69, 9.17) is 15.9 Å². The number of nitrogens with zero attached hydrogens (tertiary/aromatic N) is 4. The first-order valence-electron chi connectivity index (χ1n) is 11.1. The lowest BCUT2D eigenvalue weighted by Crippen LogP contribution is -2.46. The van der Waals surface area contributed by atoms with E-state index < -0.39 is 5.54 Å². The summed E-state index contributed by atoms with van der Waals surface area (Å²) in [4.78, 5) is 19.7. The predicted molar refractivity (Wildman–Crippen MR) is 135 cm³/mol. The van der Waals surface area contributed by atoms with Gasteiger partial charge < -0.3 is 30.9 Å². The number of aliphatic hydroxyl groups is 3. The number of anilines is 1. The summed E-state index contributed by atoms with van der Waals surface area (Å²) in [6.45, 7) is 4.11. The largest absolute Gasteiger partial charge is 0.396 e. The molecule has 2 heterocycles. The van der Waals surface area contributed by atoms with Gasteiger partial charge >= 0.3 is 0 Å². The van der Waals surface area contributed by atoms with Gasteiger partial charge in [-0.15, -0.1) is 0 Å². The van der Waals surface area contributed by atoms with Crippen molar-refractivity contribution in [2.45, 2.75) is 32.4 Å². The summed E-state index contributed by atoms with van der Waals surface area (Å²) < 4.78 is 1.86. The molecule has 0 spiro atoms. The molecule has 0 unspecified atom stereocenters. The molecule has 0 aliphatic carbocycles. The Kier molecular flexibility index (Phi) is 10.1. The number of nitriles is 1. The van der Waals surface area contributed by atoms with Crippen molar-refractivity contribution in [2.24, 2.45) is 0 Å². The predicted octanol–water partition coefficient (Wildman–Crippen LogP) is 1.43. The molecule has 0 saturated carbocycles. The number of aliphatic hydroxyl groups excluding tert-OH is 3. The summed E-state index contributed by atoms with van der Waals surface area (Å²) in [6.07, 6.45) is 3.91. The van der Waals surface area contributed by atoms with Crippen molar-refractivity contribution in [1.82, 2.24) is 19.9 Å². The molecule has 0 bridgehead atoms. The standard InChI is InChI=1S/C20H19N5O2.C5H13NO2/c1-13-3-5-15(6-4-13)17-16(9-14(10-21)11-27)25(7-2-8-26)20-18(17)19(22)23-12-24-20;1-5(3-7,4-8)6-2/h3-6,9,11-12,26H,2,7-8H2,1H3,(H2,22,23,24);6-8H,3-4H2,1-2H3/b14-9+;. The van der Waals surface area contributed by atoms with Crippen LogP contribution in [0.2, 0.25) is 0 Å². The minimum atomic E-state index is -0.514. The van der Waals surface area contributed by atoms with Gasteiger partial charge in [0.25, 0.3) is 0 Å². The van der Waals surface area contributed by atoms with Crippen LogP contribution in [0.25, 0.3) is 28.2 Å². The van der Waals surface area contributed by atoms with Crippen molar-refractivity contribution < 1.29 is 20.1 Å². The Bertz CT molecular complexity index is 1200. The first-order chi connectivity index (χ1) is 16.8. The molecule has 0 fully saturated rings. The molecule has 3 aromatic rings. The van der Waals surface area contributed by atoms with Crippen molar-refractivity contribution in [3.63, 3.8) is 0 Å². The Labute approximate surface area is 204 Å². The number of nitrogens with one attached hydrogen (secondary N) is 1. The number of rotatable bonds is 9. The van der Waals surface area contributed by atoms with Gasteiger partial charge in [-0.3, -0.25) is 4.79 Å².